The summed E-state index contributed by atoms with van der Waals surface area (Å²) in [4.78, 5) is 16.4. The minimum atomic E-state index is -4.39. The van der Waals surface area contributed by atoms with Crippen LogP contribution in [-0.4, -0.2) is 4.98 Å². The average Bonchev–Trinajstić information content (AvgIpc) is 2.68. The Morgan fingerprint density at radius 3 is 2.41 bits per heavy atom. The molecule has 3 nitrogen and oxygen atoms in total. The summed E-state index contributed by atoms with van der Waals surface area (Å²) in [5, 5.41) is 0. The minimum absolute atomic E-state index is 0.0441. The van der Waals surface area contributed by atoms with Crippen molar-refractivity contribution in [3.63, 3.8) is 0 Å². The van der Waals surface area contributed by atoms with Crippen molar-refractivity contribution >= 4 is 0 Å². The molecule has 0 atom stereocenters. The number of pyridine rings is 1. The van der Waals surface area contributed by atoms with Crippen molar-refractivity contribution in [1.82, 2.24) is 4.98 Å². The van der Waals surface area contributed by atoms with Gasteiger partial charge in [0.15, 0.2) is 5.43 Å². The van der Waals surface area contributed by atoms with E-state index in [4.69, 9.17) is 4.74 Å². The number of aromatic nitrogens is 1. The van der Waals surface area contributed by atoms with Crippen LogP contribution in [0.3, 0.4) is 0 Å². The van der Waals surface area contributed by atoms with Gasteiger partial charge in [-0.25, -0.2) is 0 Å². The molecule has 0 aliphatic heterocycles. The molecule has 4 rings (SSSR count). The molecular weight excluding hydrogens is 379 g/mol. The van der Waals surface area contributed by atoms with Crippen LogP contribution in [0.2, 0.25) is 0 Å². The standard InChI is InChI=1S/C23H20F3NO2/c1-14-21(22(28)19-7-2-3-8-20(19)27-14)15-5-4-6-18(13-15)29-17-11-9-16(10-12-17)23(24,25)26/h4-6,9-13H,2-3,7-8H2,1H3,(H,27,28). The van der Waals surface area contributed by atoms with Crippen molar-refractivity contribution in [3.05, 3.63) is 81.3 Å². The van der Waals surface area contributed by atoms with Gasteiger partial charge in [-0.05, 0) is 74.6 Å². The first-order chi connectivity index (χ1) is 13.8. The Labute approximate surface area is 166 Å². The molecule has 150 valence electrons. The van der Waals surface area contributed by atoms with E-state index < -0.39 is 11.7 Å². The van der Waals surface area contributed by atoms with Gasteiger partial charge >= 0.3 is 6.18 Å². The van der Waals surface area contributed by atoms with E-state index in [1.807, 2.05) is 13.0 Å². The average molecular weight is 399 g/mol. The number of halogens is 3. The zero-order valence-corrected chi connectivity index (χ0v) is 15.9. The third kappa shape index (κ3) is 3.92. The predicted octanol–water partition coefficient (Wildman–Crippen LogP) is 6.04. The molecule has 0 amide bonds. The van der Waals surface area contributed by atoms with E-state index in [1.54, 1.807) is 18.2 Å². The molecular formula is C23H20F3NO2. The van der Waals surface area contributed by atoms with Crippen LogP contribution < -0.4 is 10.2 Å². The number of aromatic amines is 1. The zero-order chi connectivity index (χ0) is 20.6. The lowest BCUT2D eigenvalue weighted by molar-refractivity contribution is -0.137. The summed E-state index contributed by atoms with van der Waals surface area (Å²) in [5.41, 5.74) is 3.34. The molecule has 2 aromatic carbocycles. The Hall–Kier alpha value is -3.02. The first-order valence-corrected chi connectivity index (χ1v) is 9.53. The van der Waals surface area contributed by atoms with E-state index in [1.165, 1.54) is 12.1 Å². The van der Waals surface area contributed by atoms with Gasteiger partial charge < -0.3 is 9.72 Å². The lowest BCUT2D eigenvalue weighted by Crippen LogP contribution is -2.21. The van der Waals surface area contributed by atoms with Gasteiger partial charge in [-0.15, -0.1) is 0 Å². The van der Waals surface area contributed by atoms with Crippen LogP contribution in [0, 0.1) is 6.92 Å². The molecule has 3 aromatic rings. The number of alkyl halides is 3. The number of hydrogen-bond acceptors (Lipinski definition) is 2. The number of rotatable bonds is 3. The number of benzene rings is 2. The summed E-state index contributed by atoms with van der Waals surface area (Å²) in [5.74, 6) is 0.755. The van der Waals surface area contributed by atoms with Crippen molar-refractivity contribution < 1.29 is 17.9 Å². The summed E-state index contributed by atoms with van der Waals surface area (Å²) in [6, 6.07) is 11.6. The Kier molecular flexibility index (Phi) is 4.94. The fraction of sp³-hybridized carbons (Fsp3) is 0.261. The van der Waals surface area contributed by atoms with E-state index >= 15 is 0 Å². The topological polar surface area (TPSA) is 42.1 Å². The number of ether oxygens (including phenoxy) is 1. The van der Waals surface area contributed by atoms with Gasteiger partial charge in [0.25, 0.3) is 0 Å². The third-order valence-corrected chi connectivity index (χ3v) is 5.22. The molecule has 0 radical (unpaired) electrons. The van der Waals surface area contributed by atoms with E-state index in [0.29, 0.717) is 17.1 Å². The molecule has 0 unspecified atom stereocenters. The summed E-state index contributed by atoms with van der Waals surface area (Å²) in [6.45, 7) is 1.88. The summed E-state index contributed by atoms with van der Waals surface area (Å²) < 4.78 is 43.8. The normalized spacial score (nSPS) is 13.8. The second kappa shape index (κ2) is 7.43. The van der Waals surface area contributed by atoms with Crippen LogP contribution in [0.5, 0.6) is 11.5 Å². The molecule has 6 heteroatoms. The lowest BCUT2D eigenvalue weighted by atomic mass is 9.91. The fourth-order valence-electron chi connectivity index (χ4n) is 3.81. The second-order valence-electron chi connectivity index (χ2n) is 7.27. The number of aryl methyl sites for hydroxylation is 2. The molecule has 0 saturated heterocycles. The summed E-state index contributed by atoms with van der Waals surface area (Å²) in [6.07, 6.45) is -0.625. The SMILES string of the molecule is Cc1[nH]c2c(c(=O)c1-c1cccc(Oc3ccc(C(F)(F)F)cc3)c1)CCCC2. The molecule has 1 heterocycles. The summed E-state index contributed by atoms with van der Waals surface area (Å²) >= 11 is 0. The van der Waals surface area contributed by atoms with E-state index in [-0.39, 0.29) is 5.43 Å². The molecule has 1 N–H and O–H groups in total. The Morgan fingerprint density at radius 2 is 1.69 bits per heavy atom. The van der Waals surface area contributed by atoms with Crippen molar-refractivity contribution in [2.75, 3.05) is 0 Å². The van der Waals surface area contributed by atoms with Crippen LogP contribution in [-0.2, 0) is 19.0 Å². The molecule has 1 aliphatic rings. The van der Waals surface area contributed by atoms with Crippen LogP contribution in [0.4, 0.5) is 13.2 Å². The third-order valence-electron chi connectivity index (χ3n) is 5.22. The maximum absolute atomic E-state index is 13.1. The quantitative estimate of drug-likeness (QED) is 0.583. The number of fused-ring (bicyclic) bond motifs is 1. The van der Waals surface area contributed by atoms with Gasteiger partial charge in [-0.3, -0.25) is 4.79 Å². The van der Waals surface area contributed by atoms with Gasteiger partial charge in [0, 0.05) is 22.5 Å². The number of H-pyrrole nitrogens is 1. The van der Waals surface area contributed by atoms with Crippen molar-refractivity contribution in [3.8, 4) is 22.6 Å². The van der Waals surface area contributed by atoms with Crippen molar-refractivity contribution in [1.29, 1.82) is 0 Å². The Balaban J connectivity index is 1.66. The number of hydrogen-bond donors (Lipinski definition) is 1. The highest BCUT2D eigenvalue weighted by Crippen LogP contribution is 2.32. The summed E-state index contributed by atoms with van der Waals surface area (Å²) in [7, 11) is 0. The maximum atomic E-state index is 13.1. The Morgan fingerprint density at radius 1 is 0.966 bits per heavy atom. The molecule has 0 spiro atoms. The molecule has 0 fully saturated rings. The lowest BCUT2D eigenvalue weighted by Gasteiger charge is -2.18. The Bertz CT molecular complexity index is 1100. The molecule has 1 aromatic heterocycles. The largest absolute Gasteiger partial charge is 0.457 e. The monoisotopic (exact) mass is 399 g/mol. The van der Waals surface area contributed by atoms with Crippen LogP contribution >= 0.6 is 0 Å². The molecule has 0 saturated carbocycles. The van der Waals surface area contributed by atoms with Gasteiger partial charge in [-0.1, -0.05) is 12.1 Å². The van der Waals surface area contributed by atoms with E-state index in [0.717, 1.165) is 60.3 Å². The van der Waals surface area contributed by atoms with Crippen LogP contribution in [0.1, 0.15) is 35.4 Å². The van der Waals surface area contributed by atoms with Gasteiger partial charge in [0.2, 0.25) is 0 Å². The van der Waals surface area contributed by atoms with Gasteiger partial charge in [0.05, 0.1) is 5.56 Å². The van der Waals surface area contributed by atoms with E-state index in [2.05, 4.69) is 4.98 Å². The maximum Gasteiger partial charge on any atom is 0.416 e. The first kappa shape index (κ1) is 19.3. The highest BCUT2D eigenvalue weighted by Gasteiger charge is 2.30. The molecule has 0 bridgehead atoms. The van der Waals surface area contributed by atoms with Crippen LogP contribution in [0.15, 0.2) is 53.3 Å². The van der Waals surface area contributed by atoms with Gasteiger partial charge in [-0.2, -0.15) is 13.2 Å². The van der Waals surface area contributed by atoms with Crippen molar-refractivity contribution in [2.45, 2.75) is 38.8 Å². The van der Waals surface area contributed by atoms with E-state index in [9.17, 15) is 18.0 Å². The number of nitrogens with one attached hydrogen (secondary N) is 1. The second-order valence-corrected chi connectivity index (χ2v) is 7.27. The van der Waals surface area contributed by atoms with Crippen LogP contribution in [0.25, 0.3) is 11.1 Å². The van der Waals surface area contributed by atoms with Crippen molar-refractivity contribution in [2.24, 2.45) is 0 Å². The highest BCUT2D eigenvalue weighted by molar-refractivity contribution is 5.68. The smallest absolute Gasteiger partial charge is 0.416 e. The predicted molar refractivity (Wildman–Crippen MR) is 105 cm³/mol. The zero-order valence-electron chi connectivity index (χ0n) is 15.9. The fourth-order valence-corrected chi connectivity index (χ4v) is 3.81. The minimum Gasteiger partial charge on any atom is -0.457 e. The highest BCUT2D eigenvalue weighted by atomic mass is 19.4. The van der Waals surface area contributed by atoms with Gasteiger partial charge in [0.1, 0.15) is 11.5 Å². The first-order valence-electron chi connectivity index (χ1n) is 9.53. The molecule has 1 aliphatic carbocycles. The molecule has 29 heavy (non-hydrogen) atoms.